The predicted octanol–water partition coefficient (Wildman–Crippen LogP) is 1.44. The maximum absolute atomic E-state index is 9.65. The Balaban J connectivity index is 2.07. The maximum Gasteiger partial charge on any atom is 0.157 e. The van der Waals surface area contributed by atoms with E-state index in [-0.39, 0.29) is 6.29 Å². The molecule has 2 unspecified atom stereocenters. The Morgan fingerprint density at radius 2 is 2.19 bits per heavy atom. The highest BCUT2D eigenvalue weighted by molar-refractivity contribution is 4.68. The van der Waals surface area contributed by atoms with Crippen LogP contribution in [0.15, 0.2) is 0 Å². The van der Waals surface area contributed by atoms with E-state index in [1.54, 1.807) is 13.8 Å². The van der Waals surface area contributed by atoms with Crippen molar-refractivity contribution in [3.05, 3.63) is 0 Å². The van der Waals surface area contributed by atoms with Gasteiger partial charge in [-0.2, -0.15) is 0 Å². The Hall–Kier alpha value is -0.160. The minimum atomic E-state index is -0.720. The monoisotopic (exact) mass is 232 g/mol. The Morgan fingerprint density at radius 3 is 2.75 bits per heavy atom. The highest BCUT2D eigenvalue weighted by Crippen LogP contribution is 2.16. The summed E-state index contributed by atoms with van der Waals surface area (Å²) in [7, 11) is 0. The van der Waals surface area contributed by atoms with Crippen LogP contribution in [0.1, 0.15) is 46.0 Å². The minimum Gasteiger partial charge on any atom is -0.391 e. The standard InChI is InChI=1S/C12H24O4/c1-12(2,14)7-6-10(13)9-16-11-5-3-4-8-15-11/h10-11,13-14H,3-9H2,1-2H3. The van der Waals surface area contributed by atoms with E-state index in [4.69, 9.17) is 9.47 Å². The van der Waals surface area contributed by atoms with E-state index >= 15 is 0 Å². The number of hydrogen-bond donors (Lipinski definition) is 2. The molecule has 2 atom stereocenters. The molecule has 1 saturated heterocycles. The molecule has 1 heterocycles. The van der Waals surface area contributed by atoms with Crippen LogP contribution in [0.25, 0.3) is 0 Å². The average molecular weight is 232 g/mol. The Kier molecular flexibility index (Phi) is 5.69. The molecule has 0 spiro atoms. The molecule has 0 aromatic carbocycles. The molecule has 0 bridgehead atoms. The third-order valence-electron chi connectivity index (χ3n) is 2.70. The predicted molar refractivity (Wildman–Crippen MR) is 61.1 cm³/mol. The fraction of sp³-hybridized carbons (Fsp3) is 1.00. The summed E-state index contributed by atoms with van der Waals surface area (Å²) in [6, 6.07) is 0. The van der Waals surface area contributed by atoms with Gasteiger partial charge >= 0.3 is 0 Å². The first-order chi connectivity index (χ1) is 7.47. The third-order valence-corrected chi connectivity index (χ3v) is 2.70. The molecule has 0 aromatic rings. The van der Waals surface area contributed by atoms with Crippen LogP contribution in [0.3, 0.4) is 0 Å². The molecule has 4 nitrogen and oxygen atoms in total. The van der Waals surface area contributed by atoms with E-state index in [2.05, 4.69) is 0 Å². The largest absolute Gasteiger partial charge is 0.391 e. The van der Waals surface area contributed by atoms with E-state index in [9.17, 15) is 10.2 Å². The van der Waals surface area contributed by atoms with Crippen LogP contribution in [-0.4, -0.2) is 41.4 Å². The van der Waals surface area contributed by atoms with Gasteiger partial charge in [0.2, 0.25) is 0 Å². The van der Waals surface area contributed by atoms with Gasteiger partial charge in [-0.25, -0.2) is 0 Å². The van der Waals surface area contributed by atoms with Gasteiger partial charge in [-0.3, -0.25) is 0 Å². The summed E-state index contributed by atoms with van der Waals surface area (Å²) >= 11 is 0. The average Bonchev–Trinajstić information content (AvgIpc) is 2.24. The van der Waals surface area contributed by atoms with Crippen molar-refractivity contribution in [2.45, 2.75) is 63.9 Å². The van der Waals surface area contributed by atoms with Gasteiger partial charge in [-0.15, -0.1) is 0 Å². The zero-order chi connectivity index (χ0) is 12.0. The molecular weight excluding hydrogens is 208 g/mol. The molecule has 0 aromatic heterocycles. The van der Waals surface area contributed by atoms with E-state index in [1.165, 1.54) is 0 Å². The number of aliphatic hydroxyl groups excluding tert-OH is 1. The van der Waals surface area contributed by atoms with E-state index in [1.807, 2.05) is 0 Å². The van der Waals surface area contributed by atoms with Gasteiger partial charge in [0.05, 0.1) is 18.3 Å². The first-order valence-corrected chi connectivity index (χ1v) is 6.11. The summed E-state index contributed by atoms with van der Waals surface area (Å²) in [5.74, 6) is 0. The van der Waals surface area contributed by atoms with Gasteiger partial charge in [-0.1, -0.05) is 0 Å². The highest BCUT2D eigenvalue weighted by Gasteiger charge is 2.18. The van der Waals surface area contributed by atoms with E-state index < -0.39 is 11.7 Å². The second-order valence-corrected chi connectivity index (χ2v) is 5.13. The van der Waals surface area contributed by atoms with Crippen molar-refractivity contribution in [1.29, 1.82) is 0 Å². The molecule has 4 heteroatoms. The summed E-state index contributed by atoms with van der Waals surface area (Å²) in [4.78, 5) is 0. The van der Waals surface area contributed by atoms with Crippen LogP contribution in [-0.2, 0) is 9.47 Å². The lowest BCUT2D eigenvalue weighted by molar-refractivity contribution is -0.176. The molecule has 1 aliphatic rings. The molecule has 2 N–H and O–H groups in total. The molecule has 1 fully saturated rings. The molecular formula is C12H24O4. The highest BCUT2D eigenvalue weighted by atomic mass is 16.7. The second kappa shape index (κ2) is 6.55. The van der Waals surface area contributed by atoms with E-state index in [0.29, 0.717) is 19.4 Å². The molecule has 0 saturated carbocycles. The van der Waals surface area contributed by atoms with Crippen molar-refractivity contribution in [3.63, 3.8) is 0 Å². The number of hydrogen-bond acceptors (Lipinski definition) is 4. The lowest BCUT2D eigenvalue weighted by atomic mass is 10.0. The van der Waals surface area contributed by atoms with Crippen LogP contribution in [0.2, 0.25) is 0 Å². The zero-order valence-electron chi connectivity index (χ0n) is 10.3. The molecule has 16 heavy (non-hydrogen) atoms. The summed E-state index contributed by atoms with van der Waals surface area (Å²) in [5.41, 5.74) is -0.720. The zero-order valence-corrected chi connectivity index (χ0v) is 10.3. The van der Waals surface area contributed by atoms with Crippen LogP contribution < -0.4 is 0 Å². The smallest absolute Gasteiger partial charge is 0.157 e. The minimum absolute atomic E-state index is 0.148. The lowest BCUT2D eigenvalue weighted by Gasteiger charge is -2.24. The van der Waals surface area contributed by atoms with Crippen LogP contribution in [0.4, 0.5) is 0 Å². The fourth-order valence-electron chi connectivity index (χ4n) is 1.66. The third kappa shape index (κ3) is 6.43. The van der Waals surface area contributed by atoms with Gasteiger partial charge in [0.25, 0.3) is 0 Å². The maximum atomic E-state index is 9.65. The summed E-state index contributed by atoms with van der Waals surface area (Å²) < 4.78 is 10.8. The van der Waals surface area contributed by atoms with E-state index in [0.717, 1.165) is 25.9 Å². The van der Waals surface area contributed by atoms with Gasteiger partial charge in [0.1, 0.15) is 0 Å². The SMILES string of the molecule is CC(C)(O)CCC(O)COC1CCCCO1. The first kappa shape index (κ1) is 13.9. The second-order valence-electron chi connectivity index (χ2n) is 5.13. The fourth-order valence-corrected chi connectivity index (χ4v) is 1.66. The quantitative estimate of drug-likeness (QED) is 0.727. The molecule has 0 amide bonds. The molecule has 96 valence electrons. The molecule has 0 aliphatic carbocycles. The van der Waals surface area contributed by atoms with Crippen molar-refractivity contribution in [1.82, 2.24) is 0 Å². The van der Waals surface area contributed by atoms with Crippen molar-refractivity contribution in [2.75, 3.05) is 13.2 Å². The summed E-state index contributed by atoms with van der Waals surface area (Å²) in [6.07, 6.45) is 3.60. The van der Waals surface area contributed by atoms with Crippen molar-refractivity contribution < 1.29 is 19.7 Å². The molecule has 1 rings (SSSR count). The molecule has 1 aliphatic heterocycles. The number of rotatable bonds is 6. The van der Waals surface area contributed by atoms with Crippen LogP contribution in [0.5, 0.6) is 0 Å². The van der Waals surface area contributed by atoms with Gasteiger partial charge in [0, 0.05) is 6.61 Å². The van der Waals surface area contributed by atoms with Gasteiger partial charge in [-0.05, 0) is 46.0 Å². The van der Waals surface area contributed by atoms with Crippen molar-refractivity contribution in [3.8, 4) is 0 Å². The van der Waals surface area contributed by atoms with Crippen molar-refractivity contribution >= 4 is 0 Å². The Labute approximate surface area is 97.6 Å². The van der Waals surface area contributed by atoms with Crippen LogP contribution in [0, 0.1) is 0 Å². The van der Waals surface area contributed by atoms with Gasteiger partial charge in [0.15, 0.2) is 6.29 Å². The normalized spacial score (nSPS) is 24.4. The summed E-state index contributed by atoms with van der Waals surface area (Å²) in [6.45, 7) is 4.53. The van der Waals surface area contributed by atoms with Crippen molar-refractivity contribution in [2.24, 2.45) is 0 Å². The number of ether oxygens (including phenoxy) is 2. The summed E-state index contributed by atoms with van der Waals surface area (Å²) in [5, 5.41) is 19.2. The Morgan fingerprint density at radius 1 is 1.44 bits per heavy atom. The lowest BCUT2D eigenvalue weighted by Crippen LogP contribution is -2.28. The topological polar surface area (TPSA) is 58.9 Å². The molecule has 0 radical (unpaired) electrons. The van der Waals surface area contributed by atoms with Crippen LogP contribution >= 0.6 is 0 Å². The van der Waals surface area contributed by atoms with Gasteiger partial charge < -0.3 is 19.7 Å². The number of aliphatic hydroxyl groups is 2. The Bertz CT molecular complexity index is 182. The first-order valence-electron chi connectivity index (χ1n) is 6.11.